The first-order valence-electron chi connectivity index (χ1n) is 13.4. The summed E-state index contributed by atoms with van der Waals surface area (Å²) in [5.74, 6) is -1.62. The molecule has 1 amide bonds. The average Bonchev–Trinajstić information content (AvgIpc) is 3.35. The Morgan fingerprint density at radius 3 is 2.34 bits per heavy atom. The molecule has 4 aromatic rings. The first kappa shape index (κ1) is 31.9. The van der Waals surface area contributed by atoms with Crippen molar-refractivity contribution in [1.29, 1.82) is 0 Å². The number of halogens is 1. The summed E-state index contributed by atoms with van der Waals surface area (Å²) >= 11 is 0. The molecule has 3 aromatic carbocycles. The van der Waals surface area contributed by atoms with E-state index in [1.54, 1.807) is 44.2 Å². The van der Waals surface area contributed by atoms with E-state index in [1.165, 1.54) is 49.4 Å². The second-order valence-electron chi connectivity index (χ2n) is 10.2. The van der Waals surface area contributed by atoms with Crippen LogP contribution in [0.3, 0.4) is 0 Å². The van der Waals surface area contributed by atoms with E-state index in [4.69, 9.17) is 4.42 Å². The maximum atomic E-state index is 13.7. The summed E-state index contributed by atoms with van der Waals surface area (Å²) in [5, 5.41) is 18.1. The van der Waals surface area contributed by atoms with Crippen molar-refractivity contribution < 1.29 is 31.9 Å². The van der Waals surface area contributed by atoms with Crippen molar-refractivity contribution in [2.45, 2.75) is 19.9 Å². The highest BCUT2D eigenvalue weighted by molar-refractivity contribution is 7.92. The number of aliphatic imine (C=N–C) groups is 1. The number of benzene rings is 3. The molecule has 1 aromatic heterocycles. The Balaban J connectivity index is 2.00. The number of hydrogen-bond acceptors (Lipinski definition) is 7. The number of furan rings is 1. The van der Waals surface area contributed by atoms with E-state index in [2.05, 4.69) is 22.1 Å². The Labute approximate surface area is 254 Å². The standard InChI is InChI=1S/C31H32FN5O6S/c1-18(2)37(17-27(38)39)35-30(33-3)21-9-7-8-20(14-21)23-15-24-26(16-25(23)36(5)44(6,41)42)43-29(28(24)31(40)34-4)19-10-12-22(32)13-11-19/h7-16,18H,3,17H2,1-2,4-6H3,(H,34,40)(H,38,39)/b35-30-. The van der Waals surface area contributed by atoms with Gasteiger partial charge in [0.15, 0.2) is 5.84 Å². The molecule has 0 atom stereocenters. The second kappa shape index (κ2) is 12.7. The van der Waals surface area contributed by atoms with Gasteiger partial charge in [0, 0.05) is 48.3 Å². The fraction of sp³-hybridized carbons (Fsp3) is 0.226. The number of carbonyl (C=O) groups excluding carboxylic acids is 1. The van der Waals surface area contributed by atoms with Crippen molar-refractivity contribution in [2.75, 3.05) is 31.2 Å². The van der Waals surface area contributed by atoms with E-state index in [0.717, 1.165) is 10.6 Å². The summed E-state index contributed by atoms with van der Waals surface area (Å²) in [5.41, 5.74) is 2.64. The van der Waals surface area contributed by atoms with Gasteiger partial charge >= 0.3 is 5.97 Å². The van der Waals surface area contributed by atoms with Crippen molar-refractivity contribution in [2.24, 2.45) is 10.1 Å². The number of nitrogens with zero attached hydrogens (tertiary/aromatic N) is 4. The Hall–Kier alpha value is -5.04. The highest BCUT2D eigenvalue weighted by atomic mass is 32.2. The first-order chi connectivity index (χ1) is 20.7. The molecule has 0 saturated carbocycles. The Bertz CT molecular complexity index is 1880. The molecular formula is C31H32FN5O6S. The van der Waals surface area contributed by atoms with Gasteiger partial charge < -0.3 is 14.8 Å². The van der Waals surface area contributed by atoms with Gasteiger partial charge in [-0.2, -0.15) is 5.10 Å². The van der Waals surface area contributed by atoms with Crippen molar-refractivity contribution in [3.05, 3.63) is 77.6 Å². The molecule has 0 fully saturated rings. The van der Waals surface area contributed by atoms with E-state index < -0.39 is 27.7 Å². The Kier molecular flexibility index (Phi) is 9.19. The molecule has 230 valence electrons. The zero-order valence-electron chi connectivity index (χ0n) is 24.8. The van der Waals surface area contributed by atoms with Crippen LogP contribution in [0.15, 0.2) is 75.2 Å². The fourth-order valence-corrected chi connectivity index (χ4v) is 5.07. The zero-order chi connectivity index (χ0) is 32.3. The number of amides is 1. The van der Waals surface area contributed by atoms with Crippen LogP contribution in [-0.4, -0.2) is 75.9 Å². The lowest BCUT2D eigenvalue weighted by Crippen LogP contribution is -2.32. The van der Waals surface area contributed by atoms with E-state index in [1.807, 2.05) is 0 Å². The summed E-state index contributed by atoms with van der Waals surface area (Å²) in [6.07, 6.45) is 1.06. The third-order valence-electron chi connectivity index (χ3n) is 6.90. The van der Waals surface area contributed by atoms with Crippen LogP contribution in [0, 0.1) is 5.82 Å². The van der Waals surface area contributed by atoms with E-state index in [-0.39, 0.29) is 41.0 Å². The predicted octanol–water partition coefficient (Wildman–Crippen LogP) is 4.82. The number of aliphatic carboxylic acids is 1. The molecule has 11 nitrogen and oxygen atoms in total. The van der Waals surface area contributed by atoms with Gasteiger partial charge in [0.1, 0.15) is 23.7 Å². The molecule has 4 rings (SSSR count). The summed E-state index contributed by atoms with van der Waals surface area (Å²) < 4.78 is 46.4. The molecule has 0 spiro atoms. The smallest absolute Gasteiger partial charge is 0.324 e. The van der Waals surface area contributed by atoms with Crippen molar-refractivity contribution in [1.82, 2.24) is 10.3 Å². The molecule has 0 bridgehead atoms. The minimum atomic E-state index is -3.75. The van der Waals surface area contributed by atoms with Gasteiger partial charge in [-0.1, -0.05) is 18.2 Å². The van der Waals surface area contributed by atoms with Crippen molar-refractivity contribution >= 4 is 51.1 Å². The number of hydrogen-bond donors (Lipinski definition) is 2. The molecule has 0 saturated heterocycles. The topological polar surface area (TPSA) is 145 Å². The number of fused-ring (bicyclic) bond motifs is 1. The quantitative estimate of drug-likeness (QED) is 0.147. The number of sulfonamides is 1. The van der Waals surface area contributed by atoms with Crippen LogP contribution in [0.2, 0.25) is 0 Å². The minimum Gasteiger partial charge on any atom is -0.480 e. The number of hydrazone groups is 1. The highest BCUT2D eigenvalue weighted by Gasteiger charge is 2.26. The lowest BCUT2D eigenvalue weighted by atomic mass is 9.97. The molecule has 2 N–H and O–H groups in total. The van der Waals surface area contributed by atoms with Crippen LogP contribution in [0.1, 0.15) is 29.8 Å². The largest absolute Gasteiger partial charge is 0.480 e. The van der Waals surface area contributed by atoms with Crippen molar-refractivity contribution in [3.63, 3.8) is 0 Å². The summed E-state index contributed by atoms with van der Waals surface area (Å²) in [6.45, 7) is 6.84. The van der Waals surface area contributed by atoms with Gasteiger partial charge in [-0.3, -0.25) is 18.9 Å². The third-order valence-corrected chi connectivity index (χ3v) is 8.09. The summed E-state index contributed by atoms with van der Waals surface area (Å²) in [7, 11) is -0.875. The lowest BCUT2D eigenvalue weighted by Gasteiger charge is -2.22. The summed E-state index contributed by atoms with van der Waals surface area (Å²) in [4.78, 5) is 28.6. The van der Waals surface area contributed by atoms with Gasteiger partial charge in [0.2, 0.25) is 10.0 Å². The number of nitrogens with one attached hydrogen (secondary N) is 1. The maximum Gasteiger partial charge on any atom is 0.324 e. The predicted molar refractivity (Wildman–Crippen MR) is 169 cm³/mol. The van der Waals surface area contributed by atoms with Gasteiger partial charge in [0.25, 0.3) is 5.91 Å². The van der Waals surface area contributed by atoms with Crippen LogP contribution >= 0.6 is 0 Å². The SMILES string of the molecule is C=N/C(=N\N(CC(=O)O)C(C)C)c1cccc(-c2cc3c(C(=O)NC)c(-c4ccc(F)cc4)oc3cc2N(C)S(C)(=O)=O)c1. The van der Waals surface area contributed by atoms with Crippen LogP contribution in [0.4, 0.5) is 10.1 Å². The molecule has 0 aliphatic carbocycles. The molecule has 0 unspecified atom stereocenters. The molecule has 0 aliphatic rings. The Morgan fingerprint density at radius 2 is 1.77 bits per heavy atom. The van der Waals surface area contributed by atoms with Crippen LogP contribution in [-0.2, 0) is 14.8 Å². The number of rotatable bonds is 10. The highest BCUT2D eigenvalue weighted by Crippen LogP contribution is 2.41. The molecule has 13 heteroatoms. The monoisotopic (exact) mass is 621 g/mol. The van der Waals surface area contributed by atoms with Gasteiger partial charge in [0.05, 0.1) is 17.5 Å². The number of carboxylic acids is 1. The normalized spacial score (nSPS) is 11.9. The molecular weight excluding hydrogens is 589 g/mol. The van der Waals surface area contributed by atoms with Gasteiger partial charge in [-0.15, -0.1) is 0 Å². The average molecular weight is 622 g/mol. The van der Waals surface area contributed by atoms with E-state index >= 15 is 0 Å². The van der Waals surface area contributed by atoms with Crippen LogP contribution < -0.4 is 9.62 Å². The minimum absolute atomic E-state index is 0.161. The van der Waals surface area contributed by atoms with Gasteiger partial charge in [-0.05, 0) is 62.5 Å². The van der Waals surface area contributed by atoms with Crippen molar-refractivity contribution in [3.8, 4) is 22.5 Å². The van der Waals surface area contributed by atoms with Crippen LogP contribution in [0.25, 0.3) is 33.4 Å². The summed E-state index contributed by atoms with van der Waals surface area (Å²) in [6, 6.07) is 15.3. The Morgan fingerprint density at radius 1 is 1.09 bits per heavy atom. The zero-order valence-corrected chi connectivity index (χ0v) is 25.6. The fourth-order valence-electron chi connectivity index (χ4n) is 4.56. The molecule has 44 heavy (non-hydrogen) atoms. The maximum absolute atomic E-state index is 13.7. The first-order valence-corrected chi connectivity index (χ1v) is 15.3. The second-order valence-corrected chi connectivity index (χ2v) is 12.2. The number of carbonyl (C=O) groups is 2. The van der Waals surface area contributed by atoms with Crippen LogP contribution in [0.5, 0.6) is 0 Å². The van der Waals surface area contributed by atoms with E-state index in [9.17, 15) is 27.5 Å². The number of anilines is 1. The molecule has 1 heterocycles. The van der Waals surface area contributed by atoms with E-state index in [0.29, 0.717) is 27.6 Å². The third kappa shape index (κ3) is 6.62. The lowest BCUT2D eigenvalue weighted by molar-refractivity contribution is -0.138. The number of amidine groups is 1. The molecule has 0 radical (unpaired) electrons. The number of carboxylic acid groups (broad SMARTS) is 1. The molecule has 0 aliphatic heterocycles. The van der Waals surface area contributed by atoms with Gasteiger partial charge in [-0.25, -0.2) is 17.8 Å².